The maximum absolute atomic E-state index is 11.7. The summed E-state index contributed by atoms with van der Waals surface area (Å²) in [6.45, 7) is 1.06. The highest BCUT2D eigenvalue weighted by molar-refractivity contribution is 14.1. The molecule has 0 fully saturated rings. The van der Waals surface area contributed by atoms with Crippen LogP contribution in [0.4, 0.5) is 0 Å². The Labute approximate surface area is 127 Å². The number of allylic oxidation sites excluding steroid dienone is 2. The Kier molecular flexibility index (Phi) is 5.69. The van der Waals surface area contributed by atoms with Gasteiger partial charge in [0, 0.05) is 9.99 Å². The van der Waals surface area contributed by atoms with Gasteiger partial charge in [0.2, 0.25) is 5.91 Å². The van der Waals surface area contributed by atoms with Crippen molar-refractivity contribution in [2.45, 2.75) is 19.3 Å². The fourth-order valence-electron chi connectivity index (χ4n) is 2.07. The molecule has 0 aromatic heterocycles. The van der Waals surface area contributed by atoms with E-state index in [0.717, 1.165) is 18.6 Å². The number of hydrogen-bond acceptors (Lipinski definition) is 2. The van der Waals surface area contributed by atoms with Crippen LogP contribution in [0.2, 0.25) is 0 Å². The molecule has 0 saturated carbocycles. The smallest absolute Gasteiger partial charge is 0.220 e. The van der Waals surface area contributed by atoms with Crippen LogP contribution in [0.15, 0.2) is 36.4 Å². The monoisotopic (exact) mass is 371 g/mol. The van der Waals surface area contributed by atoms with Gasteiger partial charge in [0.05, 0.1) is 6.54 Å². The topological polar surface area (TPSA) is 38.3 Å². The highest BCUT2D eigenvalue weighted by Gasteiger charge is 2.13. The average molecular weight is 371 g/mol. The number of hydrogen-bond donors (Lipinski definition) is 1. The Morgan fingerprint density at radius 1 is 1.37 bits per heavy atom. The molecule has 1 atom stereocenters. The third-order valence-electron chi connectivity index (χ3n) is 3.07. The Bertz CT molecular complexity index is 442. The van der Waals surface area contributed by atoms with E-state index in [9.17, 15) is 4.79 Å². The third kappa shape index (κ3) is 5.22. The zero-order chi connectivity index (χ0) is 13.5. The van der Waals surface area contributed by atoms with Crippen molar-refractivity contribution in [2.75, 3.05) is 13.2 Å². The number of nitrogens with one attached hydrogen (secondary N) is 1. The van der Waals surface area contributed by atoms with Crippen LogP contribution in [0.25, 0.3) is 0 Å². The van der Waals surface area contributed by atoms with Crippen LogP contribution in [0.1, 0.15) is 19.3 Å². The molecule has 2 rings (SSSR count). The lowest BCUT2D eigenvalue weighted by molar-refractivity contribution is -0.121. The quantitative estimate of drug-likeness (QED) is 0.474. The lowest BCUT2D eigenvalue weighted by Crippen LogP contribution is -2.29. The van der Waals surface area contributed by atoms with Gasteiger partial charge in [-0.2, -0.15) is 0 Å². The summed E-state index contributed by atoms with van der Waals surface area (Å²) in [6, 6.07) is 7.88. The van der Waals surface area contributed by atoms with E-state index in [1.54, 1.807) is 0 Å². The van der Waals surface area contributed by atoms with Gasteiger partial charge in [0.25, 0.3) is 0 Å². The first-order chi connectivity index (χ1) is 9.24. The van der Waals surface area contributed by atoms with Crippen molar-refractivity contribution in [1.29, 1.82) is 0 Å². The number of ether oxygens (including phenoxy) is 1. The number of rotatable bonds is 6. The van der Waals surface area contributed by atoms with Gasteiger partial charge in [-0.3, -0.25) is 4.79 Å². The fraction of sp³-hybridized carbons (Fsp3) is 0.400. The first kappa shape index (κ1) is 14.4. The minimum atomic E-state index is 0.114. The molecule has 0 spiro atoms. The number of benzene rings is 1. The molecule has 0 aliphatic heterocycles. The molecule has 1 aliphatic rings. The van der Waals surface area contributed by atoms with Gasteiger partial charge >= 0.3 is 0 Å². The molecular formula is C15H18INO2. The van der Waals surface area contributed by atoms with Crippen molar-refractivity contribution >= 4 is 28.5 Å². The Balaban J connectivity index is 1.59. The first-order valence-electron chi connectivity index (χ1n) is 6.56. The lowest BCUT2D eigenvalue weighted by atomic mass is 10.1. The van der Waals surface area contributed by atoms with Crippen LogP contribution in [-0.4, -0.2) is 19.1 Å². The number of carbonyl (C=O) groups excluding carboxylic acids is 1. The molecule has 0 bridgehead atoms. The van der Waals surface area contributed by atoms with Crippen molar-refractivity contribution in [2.24, 2.45) is 5.92 Å². The highest BCUT2D eigenvalue weighted by Crippen LogP contribution is 2.19. The maximum atomic E-state index is 11.7. The summed E-state index contributed by atoms with van der Waals surface area (Å²) in [6.07, 6.45) is 7.10. The molecule has 0 heterocycles. The molecule has 1 amide bonds. The van der Waals surface area contributed by atoms with Crippen molar-refractivity contribution < 1.29 is 9.53 Å². The van der Waals surface area contributed by atoms with Crippen LogP contribution in [0, 0.1) is 9.49 Å². The van der Waals surface area contributed by atoms with Gasteiger partial charge in [-0.1, -0.05) is 12.2 Å². The molecule has 4 heteroatoms. The van der Waals surface area contributed by atoms with Gasteiger partial charge in [0.15, 0.2) is 0 Å². The number of amides is 1. The largest absolute Gasteiger partial charge is 0.492 e. The van der Waals surface area contributed by atoms with Gasteiger partial charge < -0.3 is 10.1 Å². The summed E-state index contributed by atoms with van der Waals surface area (Å²) < 4.78 is 6.73. The zero-order valence-corrected chi connectivity index (χ0v) is 12.9. The van der Waals surface area contributed by atoms with Crippen LogP contribution in [-0.2, 0) is 4.79 Å². The van der Waals surface area contributed by atoms with E-state index >= 15 is 0 Å². The third-order valence-corrected chi connectivity index (χ3v) is 3.79. The molecule has 1 unspecified atom stereocenters. The predicted molar refractivity (Wildman–Crippen MR) is 84.1 cm³/mol. The Morgan fingerprint density at radius 2 is 2.16 bits per heavy atom. The van der Waals surface area contributed by atoms with Crippen molar-refractivity contribution in [3.63, 3.8) is 0 Å². The highest BCUT2D eigenvalue weighted by atomic mass is 127. The van der Waals surface area contributed by atoms with Crippen LogP contribution >= 0.6 is 22.6 Å². The standard InChI is InChI=1S/C15H18INO2/c16-13-5-7-14(8-6-13)19-10-9-17-15(18)11-12-3-1-2-4-12/h1,3,5-8,12H,2,4,9-11H2,(H,17,18). The molecule has 1 N–H and O–H groups in total. The number of halogens is 1. The molecule has 19 heavy (non-hydrogen) atoms. The van der Waals surface area contributed by atoms with Crippen molar-refractivity contribution in [3.05, 3.63) is 40.0 Å². The van der Waals surface area contributed by atoms with Crippen LogP contribution < -0.4 is 10.1 Å². The molecular weight excluding hydrogens is 353 g/mol. The van der Waals surface area contributed by atoms with E-state index in [1.807, 2.05) is 24.3 Å². The van der Waals surface area contributed by atoms with Gasteiger partial charge in [-0.25, -0.2) is 0 Å². The zero-order valence-electron chi connectivity index (χ0n) is 10.8. The van der Waals surface area contributed by atoms with E-state index < -0.39 is 0 Å². The molecule has 1 aromatic rings. The van der Waals surface area contributed by atoms with Crippen LogP contribution in [0.5, 0.6) is 5.75 Å². The summed E-state index contributed by atoms with van der Waals surface area (Å²) in [4.78, 5) is 11.7. The van der Waals surface area contributed by atoms with E-state index in [0.29, 0.717) is 25.5 Å². The first-order valence-corrected chi connectivity index (χ1v) is 7.63. The maximum Gasteiger partial charge on any atom is 0.220 e. The van der Waals surface area contributed by atoms with Gasteiger partial charge in [0.1, 0.15) is 12.4 Å². The molecule has 0 radical (unpaired) electrons. The lowest BCUT2D eigenvalue weighted by Gasteiger charge is -2.10. The average Bonchev–Trinajstić information content (AvgIpc) is 2.89. The summed E-state index contributed by atoms with van der Waals surface area (Å²) >= 11 is 2.26. The molecule has 1 aromatic carbocycles. The van der Waals surface area contributed by atoms with E-state index in [2.05, 4.69) is 40.1 Å². The Morgan fingerprint density at radius 3 is 2.84 bits per heavy atom. The van der Waals surface area contributed by atoms with E-state index in [1.165, 1.54) is 3.57 Å². The van der Waals surface area contributed by atoms with Crippen LogP contribution in [0.3, 0.4) is 0 Å². The predicted octanol–water partition coefficient (Wildman–Crippen LogP) is 3.14. The molecule has 3 nitrogen and oxygen atoms in total. The second-order valence-electron chi connectivity index (χ2n) is 4.62. The fourth-order valence-corrected chi connectivity index (χ4v) is 2.43. The second kappa shape index (κ2) is 7.53. The molecule has 1 aliphatic carbocycles. The number of carbonyl (C=O) groups is 1. The van der Waals surface area contributed by atoms with Crippen molar-refractivity contribution in [3.8, 4) is 5.75 Å². The SMILES string of the molecule is O=C(CC1C=CCC1)NCCOc1ccc(I)cc1. The van der Waals surface area contributed by atoms with Crippen molar-refractivity contribution in [1.82, 2.24) is 5.32 Å². The van der Waals surface area contributed by atoms with Gasteiger partial charge in [-0.15, -0.1) is 0 Å². The van der Waals surface area contributed by atoms with Gasteiger partial charge in [-0.05, 0) is 65.6 Å². The minimum absolute atomic E-state index is 0.114. The Hall–Kier alpha value is -1.04. The second-order valence-corrected chi connectivity index (χ2v) is 5.87. The summed E-state index contributed by atoms with van der Waals surface area (Å²) in [5.74, 6) is 1.38. The summed E-state index contributed by atoms with van der Waals surface area (Å²) in [5.41, 5.74) is 0. The molecule has 102 valence electrons. The summed E-state index contributed by atoms with van der Waals surface area (Å²) in [5, 5.41) is 2.89. The molecule has 0 saturated heterocycles. The van der Waals surface area contributed by atoms with E-state index in [4.69, 9.17) is 4.74 Å². The minimum Gasteiger partial charge on any atom is -0.492 e. The summed E-state index contributed by atoms with van der Waals surface area (Å²) in [7, 11) is 0. The normalized spacial score (nSPS) is 17.4. The van der Waals surface area contributed by atoms with E-state index in [-0.39, 0.29) is 5.91 Å².